The molecule has 1 saturated carbocycles. The van der Waals surface area contributed by atoms with Crippen LogP contribution in [0.5, 0.6) is 0 Å². The summed E-state index contributed by atoms with van der Waals surface area (Å²) in [5.74, 6) is -0.691. The second-order valence-electron chi connectivity index (χ2n) is 6.46. The first-order chi connectivity index (χ1) is 11.4. The molecule has 132 valence electrons. The molecule has 2 aromatic rings. The minimum Gasteiger partial charge on any atom is -0.394 e. The summed E-state index contributed by atoms with van der Waals surface area (Å²) in [4.78, 5) is 8.15. The highest BCUT2D eigenvalue weighted by molar-refractivity contribution is 6.35. The van der Waals surface area contributed by atoms with Gasteiger partial charge in [-0.2, -0.15) is 4.98 Å². The summed E-state index contributed by atoms with van der Waals surface area (Å²) in [7, 11) is 0. The third kappa shape index (κ3) is 2.61. The highest BCUT2D eigenvalue weighted by atomic mass is 35.5. The fourth-order valence-corrected chi connectivity index (χ4v) is 3.97. The van der Waals surface area contributed by atoms with E-state index in [0.717, 1.165) is 0 Å². The van der Waals surface area contributed by atoms with Crippen LogP contribution in [0.3, 0.4) is 0 Å². The molecule has 1 aliphatic heterocycles. The van der Waals surface area contributed by atoms with Crippen molar-refractivity contribution in [3.05, 3.63) is 10.4 Å². The molecule has 2 aromatic heterocycles. The Hall–Kier alpha value is -0.900. The fourth-order valence-electron chi connectivity index (χ4n) is 3.56. The summed E-state index contributed by atoms with van der Waals surface area (Å²) in [6, 6.07) is -0.0602. The minimum atomic E-state index is -0.691. The fraction of sp³-hybridized carbons (Fsp3) is 0.714. The Morgan fingerprint density at radius 2 is 2.08 bits per heavy atom. The SMILES string of the molecule is CC1(C)O[C@@H]2[C@H](O1)[C@@H](OCCO)C[C@H]2n1[nH]c2c(Cl)nc(Cl)nc21. The van der Waals surface area contributed by atoms with Crippen LogP contribution >= 0.6 is 23.2 Å². The van der Waals surface area contributed by atoms with E-state index >= 15 is 0 Å². The van der Waals surface area contributed by atoms with Crippen molar-refractivity contribution in [1.29, 1.82) is 0 Å². The van der Waals surface area contributed by atoms with E-state index in [2.05, 4.69) is 15.1 Å². The van der Waals surface area contributed by atoms with Crippen LogP contribution < -0.4 is 0 Å². The second kappa shape index (κ2) is 5.82. The molecule has 4 atom stereocenters. The number of H-pyrrole nitrogens is 1. The number of fused-ring (bicyclic) bond motifs is 2. The number of nitrogens with zero attached hydrogens (tertiary/aromatic N) is 3. The standard InChI is InChI=1S/C14H18Cl2N4O4/c1-14(2)23-9-6(5-7(10(9)24-14)22-4-3-21)20-12-8(19-20)11(15)17-13(16)18-12/h6-7,9-10,19,21H,3-5H2,1-2H3/t6-,7+,9+,10-/m1/s1. The summed E-state index contributed by atoms with van der Waals surface area (Å²) in [6.07, 6.45) is 0.0801. The first-order valence-corrected chi connectivity index (χ1v) is 8.52. The number of ether oxygens (including phenoxy) is 3. The summed E-state index contributed by atoms with van der Waals surface area (Å²) >= 11 is 12.0. The maximum Gasteiger partial charge on any atom is 0.225 e. The van der Waals surface area contributed by atoms with Gasteiger partial charge in [-0.05, 0) is 25.4 Å². The van der Waals surface area contributed by atoms with E-state index in [9.17, 15) is 0 Å². The maximum absolute atomic E-state index is 9.03. The summed E-state index contributed by atoms with van der Waals surface area (Å²) in [5, 5.41) is 12.6. The van der Waals surface area contributed by atoms with Gasteiger partial charge in [-0.15, -0.1) is 0 Å². The van der Waals surface area contributed by atoms with Crippen molar-refractivity contribution in [2.45, 2.75) is 50.4 Å². The zero-order valence-corrected chi connectivity index (χ0v) is 14.7. The van der Waals surface area contributed by atoms with Crippen molar-refractivity contribution in [3.63, 3.8) is 0 Å². The lowest BCUT2D eigenvalue weighted by Crippen LogP contribution is -2.32. The highest BCUT2D eigenvalue weighted by Gasteiger charge is 2.56. The topological polar surface area (TPSA) is 94.4 Å². The van der Waals surface area contributed by atoms with Crippen LogP contribution in [0.1, 0.15) is 26.3 Å². The Kier molecular flexibility index (Phi) is 4.02. The number of aromatic amines is 1. The van der Waals surface area contributed by atoms with Gasteiger partial charge in [0.2, 0.25) is 5.28 Å². The number of aromatic nitrogens is 4. The number of halogens is 2. The number of nitrogens with one attached hydrogen (secondary N) is 1. The molecule has 2 aliphatic rings. The predicted octanol–water partition coefficient (Wildman–Crippen LogP) is 1.91. The van der Waals surface area contributed by atoms with Crippen molar-refractivity contribution in [1.82, 2.24) is 19.7 Å². The zero-order chi connectivity index (χ0) is 17.1. The first kappa shape index (κ1) is 16.6. The van der Waals surface area contributed by atoms with Crippen molar-refractivity contribution >= 4 is 34.4 Å². The molecule has 0 aromatic carbocycles. The number of hydrogen-bond acceptors (Lipinski definition) is 6. The number of aliphatic hydroxyl groups excluding tert-OH is 1. The Morgan fingerprint density at radius 1 is 1.33 bits per heavy atom. The minimum absolute atomic E-state index is 0.0357. The van der Waals surface area contributed by atoms with E-state index in [1.807, 2.05) is 18.5 Å². The molecule has 2 fully saturated rings. The molecular weight excluding hydrogens is 359 g/mol. The highest BCUT2D eigenvalue weighted by Crippen LogP contribution is 2.46. The van der Waals surface area contributed by atoms with Gasteiger partial charge in [-0.25, -0.2) is 4.98 Å². The third-order valence-electron chi connectivity index (χ3n) is 4.42. The summed E-state index contributed by atoms with van der Waals surface area (Å²) in [6.45, 7) is 3.97. The molecule has 2 N–H and O–H groups in total. The number of aliphatic hydroxyl groups is 1. The number of hydrogen-bond donors (Lipinski definition) is 2. The van der Waals surface area contributed by atoms with Gasteiger partial charge in [0.05, 0.1) is 25.4 Å². The molecule has 24 heavy (non-hydrogen) atoms. The smallest absolute Gasteiger partial charge is 0.225 e. The number of rotatable bonds is 4. The van der Waals surface area contributed by atoms with Gasteiger partial charge < -0.3 is 19.3 Å². The average molecular weight is 377 g/mol. The molecule has 1 aliphatic carbocycles. The molecule has 0 radical (unpaired) electrons. The zero-order valence-electron chi connectivity index (χ0n) is 13.2. The molecule has 0 unspecified atom stereocenters. The van der Waals surface area contributed by atoms with Crippen LogP contribution in [0.2, 0.25) is 10.4 Å². The van der Waals surface area contributed by atoms with Gasteiger partial charge in [0.1, 0.15) is 17.7 Å². The summed E-state index contributed by atoms with van der Waals surface area (Å²) < 4.78 is 19.7. The lowest BCUT2D eigenvalue weighted by atomic mass is 10.2. The first-order valence-electron chi connectivity index (χ1n) is 7.76. The molecule has 0 spiro atoms. The largest absolute Gasteiger partial charge is 0.394 e. The van der Waals surface area contributed by atoms with Crippen molar-refractivity contribution in [2.24, 2.45) is 0 Å². The molecule has 1 saturated heterocycles. The molecule has 0 amide bonds. The van der Waals surface area contributed by atoms with Crippen LogP contribution in [0.15, 0.2) is 0 Å². The van der Waals surface area contributed by atoms with Gasteiger partial charge in [0, 0.05) is 6.42 Å². The van der Waals surface area contributed by atoms with Crippen molar-refractivity contribution in [2.75, 3.05) is 13.2 Å². The lowest BCUT2D eigenvalue weighted by Gasteiger charge is -2.27. The average Bonchev–Trinajstić information content (AvgIpc) is 2.95. The van der Waals surface area contributed by atoms with E-state index in [-0.39, 0.29) is 48.0 Å². The second-order valence-corrected chi connectivity index (χ2v) is 7.16. The van der Waals surface area contributed by atoms with Crippen LogP contribution in [0, 0.1) is 0 Å². The normalized spacial score (nSPS) is 31.9. The monoisotopic (exact) mass is 376 g/mol. The Labute approximate surface area is 148 Å². The molecule has 4 rings (SSSR count). The van der Waals surface area contributed by atoms with Crippen molar-refractivity contribution in [3.8, 4) is 0 Å². The van der Waals surface area contributed by atoms with E-state index in [1.54, 1.807) is 0 Å². The van der Waals surface area contributed by atoms with E-state index < -0.39 is 5.79 Å². The molecular formula is C14H18Cl2N4O4. The quantitative estimate of drug-likeness (QED) is 0.625. The molecule has 0 bridgehead atoms. The van der Waals surface area contributed by atoms with Gasteiger partial charge in [0.15, 0.2) is 16.6 Å². The Morgan fingerprint density at radius 3 is 2.83 bits per heavy atom. The van der Waals surface area contributed by atoms with Gasteiger partial charge in [-0.1, -0.05) is 11.6 Å². The van der Waals surface area contributed by atoms with E-state index in [1.165, 1.54) is 0 Å². The van der Waals surface area contributed by atoms with Gasteiger partial charge >= 0.3 is 0 Å². The molecule has 10 heteroatoms. The van der Waals surface area contributed by atoms with E-state index in [4.69, 9.17) is 42.5 Å². The van der Waals surface area contributed by atoms with Gasteiger partial charge in [0.25, 0.3) is 0 Å². The van der Waals surface area contributed by atoms with Crippen LogP contribution in [0.25, 0.3) is 11.2 Å². The Balaban J connectivity index is 1.66. The lowest BCUT2D eigenvalue weighted by molar-refractivity contribution is -0.171. The van der Waals surface area contributed by atoms with Crippen molar-refractivity contribution < 1.29 is 19.3 Å². The summed E-state index contributed by atoms with van der Waals surface area (Å²) in [5.41, 5.74) is 1.29. The van der Waals surface area contributed by atoms with Gasteiger partial charge in [-0.3, -0.25) is 9.78 Å². The third-order valence-corrected chi connectivity index (χ3v) is 4.86. The van der Waals surface area contributed by atoms with Crippen LogP contribution in [-0.4, -0.2) is 62.2 Å². The molecule has 3 heterocycles. The van der Waals surface area contributed by atoms with Crippen LogP contribution in [-0.2, 0) is 14.2 Å². The maximum atomic E-state index is 9.03. The predicted molar refractivity (Wildman–Crippen MR) is 86.2 cm³/mol. The van der Waals surface area contributed by atoms with Crippen LogP contribution in [0.4, 0.5) is 0 Å². The molecule has 8 nitrogen and oxygen atoms in total. The Bertz CT molecular complexity index is 761. The van der Waals surface area contributed by atoms with E-state index in [0.29, 0.717) is 17.6 Å².